The predicted molar refractivity (Wildman–Crippen MR) is 99.8 cm³/mol. The van der Waals surface area contributed by atoms with Gasteiger partial charge in [-0.3, -0.25) is 10.1 Å². The maximum atomic E-state index is 12.2. The van der Waals surface area contributed by atoms with E-state index in [0.717, 1.165) is 0 Å². The zero-order valence-electron chi connectivity index (χ0n) is 14.9. The summed E-state index contributed by atoms with van der Waals surface area (Å²) in [5.74, 6) is 0.139. The Morgan fingerprint density at radius 1 is 1.44 bits per heavy atom. The highest BCUT2D eigenvalue weighted by atomic mass is 79.9. The number of nitrogens with one attached hydrogen (secondary N) is 1. The van der Waals surface area contributed by atoms with E-state index in [1.165, 1.54) is 0 Å². The van der Waals surface area contributed by atoms with Gasteiger partial charge in [0.25, 0.3) is 0 Å². The number of hydrogen-bond acceptors (Lipinski definition) is 5. The Morgan fingerprint density at radius 3 is 2.68 bits per heavy atom. The van der Waals surface area contributed by atoms with E-state index in [0.29, 0.717) is 29.7 Å². The molecule has 1 amide bonds. The Bertz CT molecular complexity index is 660. The highest BCUT2D eigenvalue weighted by molar-refractivity contribution is 9.10. The number of amides is 1. The normalized spacial score (nSPS) is 20.9. The fourth-order valence-corrected chi connectivity index (χ4v) is 3.38. The highest BCUT2D eigenvalue weighted by Crippen LogP contribution is 2.34. The van der Waals surface area contributed by atoms with Crippen LogP contribution in [0.15, 0.2) is 22.7 Å². The standard InChI is InChI=1S/C17H24BrN3O4/c1-11-10-20(16(22)25-17(2,3)4)9-8-13(11)19-14-7-5-6-12(18)15(14)21(23)24/h5-7,11,13,19H,8-10H2,1-4H3. The quantitative estimate of drug-likeness (QED) is 0.585. The number of anilines is 1. The minimum Gasteiger partial charge on any atom is -0.444 e. The second-order valence-corrected chi connectivity index (χ2v) is 8.19. The molecular weight excluding hydrogens is 390 g/mol. The van der Waals surface area contributed by atoms with Crippen molar-refractivity contribution in [2.24, 2.45) is 5.92 Å². The average Bonchev–Trinajstić information content (AvgIpc) is 2.47. The van der Waals surface area contributed by atoms with Gasteiger partial charge in [0.1, 0.15) is 11.3 Å². The first-order valence-corrected chi connectivity index (χ1v) is 9.05. The van der Waals surface area contributed by atoms with Crippen LogP contribution in [0, 0.1) is 16.0 Å². The number of hydrogen-bond donors (Lipinski definition) is 1. The molecule has 1 aromatic carbocycles. The van der Waals surface area contributed by atoms with Crippen molar-refractivity contribution < 1.29 is 14.5 Å². The minimum atomic E-state index is -0.521. The van der Waals surface area contributed by atoms with Gasteiger partial charge in [-0.2, -0.15) is 0 Å². The number of likely N-dealkylation sites (tertiary alicyclic amines) is 1. The highest BCUT2D eigenvalue weighted by Gasteiger charge is 2.32. The molecule has 0 aliphatic carbocycles. The van der Waals surface area contributed by atoms with E-state index in [4.69, 9.17) is 4.74 Å². The molecule has 0 aromatic heterocycles. The molecule has 2 unspecified atom stereocenters. The molecule has 0 saturated carbocycles. The van der Waals surface area contributed by atoms with Crippen LogP contribution in [0.1, 0.15) is 34.1 Å². The topological polar surface area (TPSA) is 84.7 Å². The van der Waals surface area contributed by atoms with E-state index >= 15 is 0 Å². The van der Waals surface area contributed by atoms with Gasteiger partial charge < -0.3 is 15.0 Å². The zero-order valence-corrected chi connectivity index (χ0v) is 16.5. The van der Waals surface area contributed by atoms with Crippen LogP contribution in [0.5, 0.6) is 0 Å². The lowest BCUT2D eigenvalue weighted by Gasteiger charge is -2.38. The number of nitro benzene ring substituents is 1. The van der Waals surface area contributed by atoms with E-state index in [1.807, 2.05) is 27.7 Å². The zero-order chi connectivity index (χ0) is 18.8. The van der Waals surface area contributed by atoms with Crippen molar-refractivity contribution in [2.75, 3.05) is 18.4 Å². The largest absolute Gasteiger partial charge is 0.444 e. The third kappa shape index (κ3) is 5.07. The van der Waals surface area contributed by atoms with Gasteiger partial charge in [-0.15, -0.1) is 0 Å². The lowest BCUT2D eigenvalue weighted by molar-refractivity contribution is -0.384. The monoisotopic (exact) mass is 413 g/mol. The molecule has 25 heavy (non-hydrogen) atoms. The Labute approximate surface area is 156 Å². The van der Waals surface area contributed by atoms with Crippen LogP contribution in [0.4, 0.5) is 16.2 Å². The summed E-state index contributed by atoms with van der Waals surface area (Å²) >= 11 is 3.23. The van der Waals surface area contributed by atoms with Crippen molar-refractivity contribution in [1.29, 1.82) is 0 Å². The molecule has 1 saturated heterocycles. The first-order chi connectivity index (χ1) is 11.6. The van der Waals surface area contributed by atoms with Crippen molar-refractivity contribution in [3.05, 3.63) is 32.8 Å². The lowest BCUT2D eigenvalue weighted by atomic mass is 9.93. The molecule has 1 aliphatic rings. The summed E-state index contributed by atoms with van der Waals surface area (Å²) < 4.78 is 5.86. The second kappa shape index (κ2) is 7.59. The summed E-state index contributed by atoms with van der Waals surface area (Å²) in [6, 6.07) is 5.17. The molecule has 2 rings (SSSR count). The number of carbonyl (C=O) groups is 1. The molecule has 7 nitrogen and oxygen atoms in total. The number of ether oxygens (including phenoxy) is 1. The van der Waals surface area contributed by atoms with E-state index in [9.17, 15) is 14.9 Å². The minimum absolute atomic E-state index is 0.0317. The van der Waals surface area contributed by atoms with Crippen LogP contribution >= 0.6 is 15.9 Å². The summed E-state index contributed by atoms with van der Waals surface area (Å²) in [7, 11) is 0. The molecule has 138 valence electrons. The van der Waals surface area contributed by atoms with Gasteiger partial charge in [0.05, 0.1) is 9.40 Å². The summed E-state index contributed by atoms with van der Waals surface area (Å²) in [5, 5.41) is 14.6. The van der Waals surface area contributed by atoms with Crippen LogP contribution in [0.2, 0.25) is 0 Å². The van der Waals surface area contributed by atoms with Gasteiger partial charge in [-0.25, -0.2) is 4.79 Å². The predicted octanol–water partition coefficient (Wildman–Crippen LogP) is 4.41. The smallest absolute Gasteiger partial charge is 0.410 e. The third-order valence-corrected chi connectivity index (χ3v) is 4.71. The number of para-hydroxylation sites is 1. The summed E-state index contributed by atoms with van der Waals surface area (Å²) in [4.78, 5) is 24.8. The van der Waals surface area contributed by atoms with Crippen molar-refractivity contribution in [3.63, 3.8) is 0 Å². The molecule has 8 heteroatoms. The van der Waals surface area contributed by atoms with Gasteiger partial charge in [-0.1, -0.05) is 13.0 Å². The lowest BCUT2D eigenvalue weighted by Crippen LogP contribution is -2.49. The number of piperidine rings is 1. The number of rotatable bonds is 3. The van der Waals surface area contributed by atoms with Crippen molar-refractivity contribution in [3.8, 4) is 0 Å². The van der Waals surface area contributed by atoms with Crippen LogP contribution in [0.25, 0.3) is 0 Å². The van der Waals surface area contributed by atoms with E-state index in [-0.39, 0.29) is 23.7 Å². The maximum absolute atomic E-state index is 12.2. The molecular formula is C17H24BrN3O4. The molecule has 2 atom stereocenters. The fraction of sp³-hybridized carbons (Fsp3) is 0.588. The first-order valence-electron chi connectivity index (χ1n) is 8.26. The number of halogens is 1. The number of nitrogens with zero attached hydrogens (tertiary/aromatic N) is 2. The summed E-state index contributed by atoms with van der Waals surface area (Å²) in [6.07, 6.45) is 0.385. The van der Waals surface area contributed by atoms with E-state index in [1.54, 1.807) is 23.1 Å². The molecule has 1 fully saturated rings. The molecule has 1 heterocycles. The molecule has 1 N–H and O–H groups in total. The molecule has 0 radical (unpaired) electrons. The van der Waals surface area contributed by atoms with Crippen LogP contribution in [-0.2, 0) is 4.74 Å². The van der Waals surface area contributed by atoms with E-state index < -0.39 is 10.5 Å². The van der Waals surface area contributed by atoms with Gasteiger partial charge in [0, 0.05) is 19.1 Å². The Morgan fingerprint density at radius 2 is 2.12 bits per heavy atom. The Hall–Kier alpha value is -1.83. The fourth-order valence-electron chi connectivity index (χ4n) is 2.87. The van der Waals surface area contributed by atoms with Crippen LogP contribution in [-0.4, -0.2) is 40.6 Å². The Balaban J connectivity index is 2.05. The van der Waals surface area contributed by atoms with Gasteiger partial charge >= 0.3 is 11.8 Å². The summed E-state index contributed by atoms with van der Waals surface area (Å²) in [5.41, 5.74) is -0.00184. The van der Waals surface area contributed by atoms with Crippen molar-refractivity contribution >= 4 is 33.4 Å². The number of benzene rings is 1. The van der Waals surface area contributed by atoms with Gasteiger partial charge in [0.15, 0.2) is 0 Å². The van der Waals surface area contributed by atoms with Crippen molar-refractivity contribution in [2.45, 2.75) is 45.8 Å². The van der Waals surface area contributed by atoms with Gasteiger partial charge in [-0.05, 0) is 61.2 Å². The first kappa shape index (κ1) is 19.5. The van der Waals surface area contributed by atoms with Crippen LogP contribution in [0.3, 0.4) is 0 Å². The number of carbonyl (C=O) groups excluding carboxylic acids is 1. The number of nitro groups is 1. The van der Waals surface area contributed by atoms with Gasteiger partial charge in [0.2, 0.25) is 0 Å². The van der Waals surface area contributed by atoms with Crippen LogP contribution < -0.4 is 5.32 Å². The van der Waals surface area contributed by atoms with Crippen molar-refractivity contribution in [1.82, 2.24) is 4.90 Å². The van der Waals surface area contributed by atoms with E-state index in [2.05, 4.69) is 21.2 Å². The third-order valence-electron chi connectivity index (χ3n) is 4.07. The molecule has 0 bridgehead atoms. The average molecular weight is 414 g/mol. The summed E-state index contributed by atoms with van der Waals surface area (Å²) in [6.45, 7) is 8.66. The molecule has 1 aromatic rings. The molecule has 1 aliphatic heterocycles. The maximum Gasteiger partial charge on any atom is 0.410 e. The Kier molecular flexibility index (Phi) is 5.92. The second-order valence-electron chi connectivity index (χ2n) is 7.34. The molecule has 0 spiro atoms. The SMILES string of the molecule is CC1CN(C(=O)OC(C)(C)C)CCC1Nc1cccc(Br)c1[N+](=O)[O-].